The van der Waals surface area contributed by atoms with E-state index in [1.165, 1.54) is 0 Å². The first-order chi connectivity index (χ1) is 8.74. The van der Waals surface area contributed by atoms with Crippen LogP contribution >= 0.6 is 11.6 Å². The molecule has 0 aromatic heterocycles. The van der Waals surface area contributed by atoms with Crippen molar-refractivity contribution in [1.82, 2.24) is 0 Å². The minimum atomic E-state index is 0.137. The number of halogens is 1. The van der Waals surface area contributed by atoms with Crippen molar-refractivity contribution in [1.29, 1.82) is 0 Å². The molecule has 0 bridgehead atoms. The first-order valence-corrected chi connectivity index (χ1v) is 6.20. The molecule has 0 heterocycles. The second kappa shape index (κ2) is 4.43. The van der Waals surface area contributed by atoms with Gasteiger partial charge in [-0.15, -0.1) is 0 Å². The lowest BCUT2D eigenvalue weighted by Gasteiger charge is -2.11. The standard InChI is InChI=1S/C16H11ClO/c17-14-7-8-15-13(9-14)6-5-11-3-1-2-4-12(11)10-16(15)18/h1-9H,10H2/b6-5-. The van der Waals surface area contributed by atoms with Crippen LogP contribution in [-0.4, -0.2) is 5.78 Å². The summed E-state index contributed by atoms with van der Waals surface area (Å²) in [7, 11) is 0. The van der Waals surface area contributed by atoms with E-state index in [0.29, 0.717) is 11.4 Å². The van der Waals surface area contributed by atoms with Crippen LogP contribution in [0.25, 0.3) is 12.2 Å². The van der Waals surface area contributed by atoms with Crippen molar-refractivity contribution in [2.75, 3.05) is 0 Å². The number of hydrogen-bond acceptors (Lipinski definition) is 1. The Morgan fingerprint density at radius 2 is 1.72 bits per heavy atom. The molecule has 0 spiro atoms. The highest BCUT2D eigenvalue weighted by atomic mass is 35.5. The number of Topliss-reactive ketones (excluding diaryl/α,β-unsaturated/α-hetero) is 1. The molecule has 1 aliphatic carbocycles. The van der Waals surface area contributed by atoms with Crippen molar-refractivity contribution >= 4 is 29.5 Å². The largest absolute Gasteiger partial charge is 0.294 e. The van der Waals surface area contributed by atoms with Gasteiger partial charge in [-0.1, -0.05) is 48.0 Å². The summed E-state index contributed by atoms with van der Waals surface area (Å²) < 4.78 is 0. The molecule has 3 rings (SSSR count). The molecular weight excluding hydrogens is 244 g/mol. The molecule has 0 radical (unpaired) electrons. The van der Waals surface area contributed by atoms with Crippen molar-refractivity contribution in [3.05, 3.63) is 69.7 Å². The van der Waals surface area contributed by atoms with Crippen LogP contribution in [0.5, 0.6) is 0 Å². The Bertz CT molecular complexity index is 656. The Labute approximate surface area is 111 Å². The first-order valence-electron chi connectivity index (χ1n) is 5.83. The lowest BCUT2D eigenvalue weighted by Crippen LogP contribution is -2.08. The van der Waals surface area contributed by atoms with Crippen molar-refractivity contribution in [2.24, 2.45) is 0 Å². The second-order valence-corrected chi connectivity index (χ2v) is 4.80. The third-order valence-corrected chi connectivity index (χ3v) is 3.40. The maximum atomic E-state index is 12.3. The van der Waals surface area contributed by atoms with E-state index >= 15 is 0 Å². The first kappa shape index (κ1) is 11.2. The Balaban J connectivity index is 2.19. The lowest BCUT2D eigenvalue weighted by molar-refractivity contribution is 0.0992. The third-order valence-electron chi connectivity index (χ3n) is 3.16. The number of ketones is 1. The number of carbonyl (C=O) groups excluding carboxylic acids is 1. The predicted octanol–water partition coefficient (Wildman–Crippen LogP) is 4.25. The molecule has 0 aliphatic heterocycles. The van der Waals surface area contributed by atoms with E-state index in [0.717, 1.165) is 22.3 Å². The van der Waals surface area contributed by atoms with Crippen molar-refractivity contribution in [2.45, 2.75) is 6.42 Å². The van der Waals surface area contributed by atoms with Gasteiger partial charge in [-0.3, -0.25) is 4.79 Å². The van der Waals surface area contributed by atoms with Crippen LogP contribution < -0.4 is 0 Å². The zero-order valence-electron chi connectivity index (χ0n) is 9.69. The summed E-state index contributed by atoms with van der Waals surface area (Å²) >= 11 is 5.97. The zero-order valence-corrected chi connectivity index (χ0v) is 10.4. The highest BCUT2D eigenvalue weighted by Gasteiger charge is 2.14. The summed E-state index contributed by atoms with van der Waals surface area (Å²) in [4.78, 5) is 12.3. The molecule has 0 atom stereocenters. The van der Waals surface area contributed by atoms with Gasteiger partial charge < -0.3 is 0 Å². The van der Waals surface area contributed by atoms with Crippen LogP contribution in [0.3, 0.4) is 0 Å². The summed E-state index contributed by atoms with van der Waals surface area (Å²) in [5.74, 6) is 0.137. The molecule has 18 heavy (non-hydrogen) atoms. The molecule has 2 aromatic rings. The van der Waals surface area contributed by atoms with Gasteiger partial charge in [0.05, 0.1) is 0 Å². The molecule has 0 unspecified atom stereocenters. The SMILES string of the molecule is O=C1Cc2ccccc2/C=C\c2cc(Cl)ccc21. The van der Waals surface area contributed by atoms with E-state index in [4.69, 9.17) is 11.6 Å². The molecule has 88 valence electrons. The van der Waals surface area contributed by atoms with Gasteiger partial charge in [0.25, 0.3) is 0 Å². The molecule has 0 saturated carbocycles. The van der Waals surface area contributed by atoms with Crippen LogP contribution in [0.2, 0.25) is 5.02 Å². The molecule has 1 aliphatic rings. The number of fused-ring (bicyclic) bond motifs is 2. The molecule has 1 nitrogen and oxygen atoms in total. The minimum absolute atomic E-state index is 0.137. The zero-order chi connectivity index (χ0) is 12.5. The molecule has 0 amide bonds. The molecule has 0 saturated heterocycles. The van der Waals surface area contributed by atoms with E-state index in [2.05, 4.69) is 0 Å². The van der Waals surface area contributed by atoms with Crippen LogP contribution in [0, 0.1) is 0 Å². The van der Waals surface area contributed by atoms with E-state index < -0.39 is 0 Å². The Morgan fingerprint density at radius 3 is 2.61 bits per heavy atom. The number of carbonyl (C=O) groups is 1. The van der Waals surface area contributed by atoms with E-state index in [1.807, 2.05) is 42.5 Å². The van der Waals surface area contributed by atoms with Gasteiger partial charge in [0, 0.05) is 17.0 Å². The summed E-state index contributed by atoms with van der Waals surface area (Å²) in [5.41, 5.74) is 3.79. The summed E-state index contributed by atoms with van der Waals surface area (Å²) in [6, 6.07) is 13.4. The quantitative estimate of drug-likeness (QED) is 0.687. The monoisotopic (exact) mass is 254 g/mol. The minimum Gasteiger partial charge on any atom is -0.294 e. The fourth-order valence-corrected chi connectivity index (χ4v) is 2.41. The lowest BCUT2D eigenvalue weighted by atomic mass is 9.92. The van der Waals surface area contributed by atoms with Crippen LogP contribution in [0.1, 0.15) is 27.0 Å². The normalized spacial score (nSPS) is 15.3. The van der Waals surface area contributed by atoms with Gasteiger partial charge in [-0.2, -0.15) is 0 Å². The Kier molecular flexibility index (Phi) is 2.77. The van der Waals surface area contributed by atoms with Crippen molar-refractivity contribution in [3.8, 4) is 0 Å². The fourth-order valence-electron chi connectivity index (χ4n) is 2.23. The fraction of sp³-hybridized carbons (Fsp3) is 0.0625. The molecule has 2 aromatic carbocycles. The van der Waals surface area contributed by atoms with E-state index in [1.54, 1.807) is 12.1 Å². The molecule has 0 N–H and O–H groups in total. The van der Waals surface area contributed by atoms with Gasteiger partial charge in [-0.25, -0.2) is 0 Å². The topological polar surface area (TPSA) is 17.1 Å². The average molecular weight is 255 g/mol. The summed E-state index contributed by atoms with van der Waals surface area (Å²) in [5, 5.41) is 0.653. The van der Waals surface area contributed by atoms with Gasteiger partial charge in [0.1, 0.15) is 0 Å². The van der Waals surface area contributed by atoms with Gasteiger partial charge in [0.15, 0.2) is 5.78 Å². The van der Waals surface area contributed by atoms with Crippen molar-refractivity contribution in [3.63, 3.8) is 0 Å². The van der Waals surface area contributed by atoms with Gasteiger partial charge in [-0.05, 0) is 34.9 Å². The van der Waals surface area contributed by atoms with E-state index in [9.17, 15) is 4.79 Å². The molecule has 2 heteroatoms. The second-order valence-electron chi connectivity index (χ2n) is 4.36. The number of benzene rings is 2. The maximum Gasteiger partial charge on any atom is 0.167 e. The van der Waals surface area contributed by atoms with Crippen LogP contribution in [0.4, 0.5) is 0 Å². The van der Waals surface area contributed by atoms with Crippen LogP contribution in [-0.2, 0) is 6.42 Å². The number of hydrogen-bond donors (Lipinski definition) is 0. The van der Waals surface area contributed by atoms with Gasteiger partial charge >= 0.3 is 0 Å². The highest BCUT2D eigenvalue weighted by Crippen LogP contribution is 2.24. The predicted molar refractivity (Wildman–Crippen MR) is 74.9 cm³/mol. The van der Waals surface area contributed by atoms with E-state index in [-0.39, 0.29) is 5.78 Å². The third kappa shape index (κ3) is 1.98. The summed E-state index contributed by atoms with van der Waals surface area (Å²) in [6.07, 6.45) is 4.43. The Morgan fingerprint density at radius 1 is 0.944 bits per heavy atom. The van der Waals surface area contributed by atoms with Gasteiger partial charge in [0.2, 0.25) is 0 Å². The van der Waals surface area contributed by atoms with Crippen molar-refractivity contribution < 1.29 is 4.79 Å². The smallest absolute Gasteiger partial charge is 0.167 e. The summed E-state index contributed by atoms with van der Waals surface area (Å²) in [6.45, 7) is 0. The molecule has 0 fully saturated rings. The average Bonchev–Trinajstić information content (AvgIpc) is 2.36. The Hall–Kier alpha value is -1.86. The molecular formula is C16H11ClO. The number of rotatable bonds is 0. The highest BCUT2D eigenvalue weighted by molar-refractivity contribution is 6.31. The van der Waals surface area contributed by atoms with Crippen LogP contribution in [0.15, 0.2) is 42.5 Å². The maximum absolute atomic E-state index is 12.3.